The van der Waals surface area contributed by atoms with Crippen molar-refractivity contribution in [1.29, 1.82) is 0 Å². The molecule has 1 aromatic rings. The van der Waals surface area contributed by atoms with Gasteiger partial charge in [0.1, 0.15) is 0 Å². The standard InChI is InChI=1S/C16H23FN2O2/c1-12(2)19-9-7-13(8-10-19)18-16(20)11-21-15-6-4-3-5-14(15)17/h3-6,12-13H,7-11H2,1-2H3,(H,18,20). The molecule has 1 amide bonds. The van der Waals surface area contributed by atoms with Gasteiger partial charge in [0.05, 0.1) is 0 Å². The monoisotopic (exact) mass is 294 g/mol. The molecule has 5 heteroatoms. The molecule has 1 aliphatic heterocycles. The summed E-state index contributed by atoms with van der Waals surface area (Å²) in [7, 11) is 0. The Balaban J connectivity index is 1.72. The topological polar surface area (TPSA) is 41.6 Å². The molecule has 0 bridgehead atoms. The van der Waals surface area contributed by atoms with Crippen LogP contribution in [0.5, 0.6) is 5.75 Å². The molecular weight excluding hydrogens is 271 g/mol. The van der Waals surface area contributed by atoms with Crippen LogP contribution in [-0.2, 0) is 4.79 Å². The van der Waals surface area contributed by atoms with Crippen molar-refractivity contribution in [3.63, 3.8) is 0 Å². The van der Waals surface area contributed by atoms with Crippen molar-refractivity contribution in [2.45, 2.75) is 38.8 Å². The minimum atomic E-state index is -0.449. The highest BCUT2D eigenvalue weighted by Crippen LogP contribution is 2.15. The van der Waals surface area contributed by atoms with Crippen molar-refractivity contribution in [3.8, 4) is 5.75 Å². The first-order chi connectivity index (χ1) is 10.1. The van der Waals surface area contributed by atoms with Crippen molar-refractivity contribution in [3.05, 3.63) is 30.1 Å². The third-order valence-electron chi connectivity index (χ3n) is 3.82. The summed E-state index contributed by atoms with van der Waals surface area (Å²) in [5.74, 6) is -0.529. The van der Waals surface area contributed by atoms with Crippen LogP contribution in [-0.4, -0.2) is 42.6 Å². The van der Waals surface area contributed by atoms with Gasteiger partial charge < -0.3 is 15.0 Å². The van der Waals surface area contributed by atoms with Gasteiger partial charge in [-0.3, -0.25) is 4.79 Å². The first-order valence-electron chi connectivity index (χ1n) is 7.47. The van der Waals surface area contributed by atoms with Crippen molar-refractivity contribution >= 4 is 5.91 Å². The number of para-hydroxylation sites is 1. The quantitative estimate of drug-likeness (QED) is 0.905. The number of nitrogens with zero attached hydrogens (tertiary/aromatic N) is 1. The van der Waals surface area contributed by atoms with E-state index in [1.165, 1.54) is 12.1 Å². The van der Waals surface area contributed by atoms with Crippen LogP contribution >= 0.6 is 0 Å². The average molecular weight is 294 g/mol. The third kappa shape index (κ3) is 4.70. The van der Waals surface area contributed by atoms with E-state index in [9.17, 15) is 9.18 Å². The Hall–Kier alpha value is -1.62. The summed E-state index contributed by atoms with van der Waals surface area (Å²) >= 11 is 0. The number of nitrogens with one attached hydrogen (secondary N) is 1. The second-order valence-electron chi connectivity index (χ2n) is 5.69. The number of carbonyl (C=O) groups excluding carboxylic acids is 1. The van der Waals surface area contributed by atoms with E-state index >= 15 is 0 Å². The van der Waals surface area contributed by atoms with Gasteiger partial charge in [-0.1, -0.05) is 12.1 Å². The number of carbonyl (C=O) groups is 1. The SMILES string of the molecule is CC(C)N1CCC(NC(=O)COc2ccccc2F)CC1. The summed E-state index contributed by atoms with van der Waals surface area (Å²) in [6.07, 6.45) is 1.90. The third-order valence-corrected chi connectivity index (χ3v) is 3.82. The van der Waals surface area contributed by atoms with Crippen LogP contribution in [0.3, 0.4) is 0 Å². The smallest absolute Gasteiger partial charge is 0.258 e. The zero-order chi connectivity index (χ0) is 15.2. The Morgan fingerprint density at radius 2 is 2.05 bits per heavy atom. The summed E-state index contributed by atoms with van der Waals surface area (Å²) in [5, 5.41) is 2.95. The molecule has 0 saturated carbocycles. The zero-order valence-corrected chi connectivity index (χ0v) is 12.6. The molecule has 0 aromatic heterocycles. The second kappa shape index (κ2) is 7.41. The van der Waals surface area contributed by atoms with Crippen molar-refractivity contribution in [2.24, 2.45) is 0 Å². The normalized spacial score (nSPS) is 17.0. The molecular formula is C16H23FN2O2. The van der Waals surface area contributed by atoms with E-state index in [2.05, 4.69) is 24.1 Å². The molecule has 1 aliphatic rings. The van der Waals surface area contributed by atoms with Gasteiger partial charge in [-0.05, 0) is 38.8 Å². The highest BCUT2D eigenvalue weighted by molar-refractivity contribution is 5.77. The van der Waals surface area contributed by atoms with Crippen LogP contribution < -0.4 is 10.1 Å². The number of piperidine rings is 1. The number of hydrogen-bond acceptors (Lipinski definition) is 3. The van der Waals surface area contributed by atoms with E-state index in [4.69, 9.17) is 4.74 Å². The summed E-state index contributed by atoms with van der Waals surface area (Å²) in [4.78, 5) is 14.2. The molecule has 4 nitrogen and oxygen atoms in total. The molecule has 1 fully saturated rings. The zero-order valence-electron chi connectivity index (χ0n) is 12.6. The largest absolute Gasteiger partial charge is 0.481 e. The van der Waals surface area contributed by atoms with Gasteiger partial charge in [-0.2, -0.15) is 0 Å². The fourth-order valence-corrected chi connectivity index (χ4v) is 2.53. The Kier molecular flexibility index (Phi) is 5.56. The van der Waals surface area contributed by atoms with E-state index < -0.39 is 5.82 Å². The van der Waals surface area contributed by atoms with E-state index in [0.717, 1.165) is 25.9 Å². The van der Waals surface area contributed by atoms with Crippen LogP contribution in [0, 0.1) is 5.82 Å². The van der Waals surface area contributed by atoms with E-state index in [1.54, 1.807) is 12.1 Å². The maximum absolute atomic E-state index is 13.4. The molecule has 0 aliphatic carbocycles. The molecule has 1 saturated heterocycles. The number of likely N-dealkylation sites (tertiary alicyclic amines) is 1. The minimum absolute atomic E-state index is 0.113. The lowest BCUT2D eigenvalue weighted by Crippen LogP contribution is -2.47. The lowest BCUT2D eigenvalue weighted by molar-refractivity contribution is -0.124. The molecule has 0 atom stereocenters. The molecule has 1 heterocycles. The maximum Gasteiger partial charge on any atom is 0.258 e. The summed E-state index contributed by atoms with van der Waals surface area (Å²) in [6.45, 7) is 6.21. The number of benzene rings is 1. The van der Waals surface area contributed by atoms with Gasteiger partial charge in [0.25, 0.3) is 5.91 Å². The van der Waals surface area contributed by atoms with E-state index in [-0.39, 0.29) is 24.3 Å². The number of rotatable bonds is 5. The first kappa shape index (κ1) is 15.8. The number of ether oxygens (including phenoxy) is 1. The summed E-state index contributed by atoms with van der Waals surface area (Å²) in [6, 6.07) is 6.84. The van der Waals surface area contributed by atoms with Crippen molar-refractivity contribution < 1.29 is 13.9 Å². The second-order valence-corrected chi connectivity index (χ2v) is 5.69. The molecule has 0 radical (unpaired) electrons. The predicted molar refractivity (Wildman–Crippen MR) is 79.8 cm³/mol. The molecule has 116 valence electrons. The van der Waals surface area contributed by atoms with Gasteiger partial charge >= 0.3 is 0 Å². The fourth-order valence-electron chi connectivity index (χ4n) is 2.53. The van der Waals surface area contributed by atoms with Gasteiger partial charge in [0, 0.05) is 25.2 Å². The van der Waals surface area contributed by atoms with Gasteiger partial charge in [0.15, 0.2) is 18.2 Å². The lowest BCUT2D eigenvalue weighted by atomic mass is 10.0. The Morgan fingerprint density at radius 1 is 1.38 bits per heavy atom. The van der Waals surface area contributed by atoms with Crippen molar-refractivity contribution in [2.75, 3.05) is 19.7 Å². The van der Waals surface area contributed by atoms with Crippen molar-refractivity contribution in [1.82, 2.24) is 10.2 Å². The van der Waals surface area contributed by atoms with Gasteiger partial charge in [-0.25, -0.2) is 4.39 Å². The Labute approximate surface area is 125 Å². The van der Waals surface area contributed by atoms with Crippen LogP contribution in [0.1, 0.15) is 26.7 Å². The highest BCUT2D eigenvalue weighted by Gasteiger charge is 2.22. The van der Waals surface area contributed by atoms with Crippen LogP contribution in [0.4, 0.5) is 4.39 Å². The fraction of sp³-hybridized carbons (Fsp3) is 0.562. The van der Waals surface area contributed by atoms with Crippen LogP contribution in [0.15, 0.2) is 24.3 Å². The highest BCUT2D eigenvalue weighted by atomic mass is 19.1. The Bertz CT molecular complexity index is 471. The van der Waals surface area contributed by atoms with Gasteiger partial charge in [-0.15, -0.1) is 0 Å². The Morgan fingerprint density at radius 3 is 2.67 bits per heavy atom. The van der Waals surface area contributed by atoms with E-state index in [1.807, 2.05) is 0 Å². The first-order valence-corrected chi connectivity index (χ1v) is 7.47. The van der Waals surface area contributed by atoms with E-state index in [0.29, 0.717) is 6.04 Å². The number of halogens is 1. The molecule has 1 aromatic carbocycles. The predicted octanol–water partition coefficient (Wildman–Crippen LogP) is 2.19. The number of amides is 1. The maximum atomic E-state index is 13.4. The average Bonchev–Trinajstić information content (AvgIpc) is 2.47. The molecule has 2 rings (SSSR count). The molecule has 0 spiro atoms. The lowest BCUT2D eigenvalue weighted by Gasteiger charge is -2.34. The molecule has 21 heavy (non-hydrogen) atoms. The van der Waals surface area contributed by atoms with Crippen LogP contribution in [0.2, 0.25) is 0 Å². The minimum Gasteiger partial charge on any atom is -0.481 e. The summed E-state index contributed by atoms with van der Waals surface area (Å²) < 4.78 is 18.6. The molecule has 1 N–H and O–H groups in total. The summed E-state index contributed by atoms with van der Waals surface area (Å²) in [5.41, 5.74) is 0. The number of hydrogen-bond donors (Lipinski definition) is 1. The molecule has 0 unspecified atom stereocenters. The van der Waals surface area contributed by atoms with Crippen LogP contribution in [0.25, 0.3) is 0 Å². The van der Waals surface area contributed by atoms with Gasteiger partial charge in [0.2, 0.25) is 0 Å².